The van der Waals surface area contributed by atoms with Crippen LogP contribution < -0.4 is 0 Å². The standard InChI is InChI=1S/C14H20O/c1-11-5-7-12(8-6-11)13(2)9-4-10-14(13,3)15/h5-8,15H,4,9-10H2,1-3H3. The molecule has 2 rings (SSSR count). The van der Waals surface area contributed by atoms with Crippen LogP contribution in [0.1, 0.15) is 44.2 Å². The molecule has 0 amide bonds. The molecule has 0 bridgehead atoms. The quantitative estimate of drug-likeness (QED) is 0.745. The molecule has 2 atom stereocenters. The van der Waals surface area contributed by atoms with E-state index in [4.69, 9.17) is 0 Å². The summed E-state index contributed by atoms with van der Waals surface area (Å²) >= 11 is 0. The minimum Gasteiger partial charge on any atom is -0.389 e. The maximum absolute atomic E-state index is 10.4. The van der Waals surface area contributed by atoms with Crippen molar-refractivity contribution in [2.45, 2.75) is 51.0 Å². The van der Waals surface area contributed by atoms with E-state index in [2.05, 4.69) is 38.1 Å². The average Bonchev–Trinajstić information content (AvgIpc) is 2.43. The molecule has 82 valence electrons. The zero-order chi connectivity index (χ0) is 11.1. The number of aryl methyl sites for hydroxylation is 1. The monoisotopic (exact) mass is 204 g/mol. The van der Waals surface area contributed by atoms with Crippen molar-refractivity contribution in [1.82, 2.24) is 0 Å². The highest BCUT2D eigenvalue weighted by atomic mass is 16.3. The summed E-state index contributed by atoms with van der Waals surface area (Å²) in [4.78, 5) is 0. The number of rotatable bonds is 1. The molecule has 1 nitrogen and oxygen atoms in total. The molecule has 15 heavy (non-hydrogen) atoms. The molecule has 0 aromatic heterocycles. The smallest absolute Gasteiger partial charge is 0.0713 e. The first-order chi connectivity index (χ1) is 6.96. The van der Waals surface area contributed by atoms with Gasteiger partial charge in [-0.05, 0) is 38.7 Å². The summed E-state index contributed by atoms with van der Waals surface area (Å²) in [6, 6.07) is 8.59. The second-order valence-electron chi connectivity index (χ2n) is 5.33. The zero-order valence-corrected chi connectivity index (χ0v) is 9.88. The number of benzene rings is 1. The summed E-state index contributed by atoms with van der Waals surface area (Å²) in [6.45, 7) is 6.25. The molecular weight excluding hydrogens is 184 g/mol. The van der Waals surface area contributed by atoms with Crippen molar-refractivity contribution < 1.29 is 5.11 Å². The van der Waals surface area contributed by atoms with Crippen molar-refractivity contribution in [1.29, 1.82) is 0 Å². The lowest BCUT2D eigenvalue weighted by Gasteiger charge is -2.37. The van der Waals surface area contributed by atoms with Gasteiger partial charge in [0, 0.05) is 5.41 Å². The molecular formula is C14H20O. The van der Waals surface area contributed by atoms with Crippen molar-refractivity contribution in [2.75, 3.05) is 0 Å². The fourth-order valence-electron chi connectivity index (χ4n) is 2.71. The SMILES string of the molecule is Cc1ccc(C2(C)CCCC2(C)O)cc1. The largest absolute Gasteiger partial charge is 0.389 e. The van der Waals surface area contributed by atoms with E-state index in [9.17, 15) is 5.11 Å². The minimum atomic E-state index is -0.553. The topological polar surface area (TPSA) is 20.2 Å². The molecule has 0 saturated heterocycles. The van der Waals surface area contributed by atoms with Gasteiger partial charge in [-0.25, -0.2) is 0 Å². The summed E-state index contributed by atoms with van der Waals surface area (Å²) < 4.78 is 0. The van der Waals surface area contributed by atoms with Crippen LogP contribution in [-0.4, -0.2) is 10.7 Å². The van der Waals surface area contributed by atoms with Crippen LogP contribution in [0.3, 0.4) is 0 Å². The van der Waals surface area contributed by atoms with Crippen molar-refractivity contribution in [3.63, 3.8) is 0 Å². The fraction of sp³-hybridized carbons (Fsp3) is 0.571. The third-order valence-corrected chi connectivity index (χ3v) is 4.22. The summed E-state index contributed by atoms with van der Waals surface area (Å²) in [5.74, 6) is 0. The Morgan fingerprint density at radius 2 is 1.67 bits per heavy atom. The van der Waals surface area contributed by atoms with Crippen molar-refractivity contribution in [2.24, 2.45) is 0 Å². The van der Waals surface area contributed by atoms with Crippen LogP contribution in [0.4, 0.5) is 0 Å². The molecule has 1 N–H and O–H groups in total. The Hall–Kier alpha value is -0.820. The van der Waals surface area contributed by atoms with Gasteiger partial charge in [0.2, 0.25) is 0 Å². The third kappa shape index (κ3) is 1.59. The first kappa shape index (κ1) is 10.7. The summed E-state index contributed by atoms with van der Waals surface area (Å²) in [7, 11) is 0. The molecule has 1 aliphatic carbocycles. The molecule has 0 spiro atoms. The first-order valence-electron chi connectivity index (χ1n) is 5.75. The van der Waals surface area contributed by atoms with Crippen LogP contribution in [0.2, 0.25) is 0 Å². The lowest BCUT2D eigenvalue weighted by atomic mass is 9.72. The first-order valence-corrected chi connectivity index (χ1v) is 5.75. The van der Waals surface area contributed by atoms with E-state index in [0.29, 0.717) is 0 Å². The van der Waals surface area contributed by atoms with Gasteiger partial charge in [0.1, 0.15) is 0 Å². The molecule has 1 saturated carbocycles. The minimum absolute atomic E-state index is 0.0688. The lowest BCUT2D eigenvalue weighted by Crippen LogP contribution is -2.42. The van der Waals surface area contributed by atoms with E-state index >= 15 is 0 Å². The Morgan fingerprint density at radius 3 is 2.13 bits per heavy atom. The lowest BCUT2D eigenvalue weighted by molar-refractivity contribution is 0.00690. The predicted octanol–water partition coefficient (Wildman–Crippen LogP) is 3.19. The fourth-order valence-corrected chi connectivity index (χ4v) is 2.71. The van der Waals surface area contributed by atoms with Gasteiger partial charge in [0.15, 0.2) is 0 Å². The molecule has 1 aromatic carbocycles. The molecule has 2 unspecified atom stereocenters. The van der Waals surface area contributed by atoms with E-state index in [1.807, 2.05) is 6.92 Å². The Kier molecular flexibility index (Phi) is 2.38. The van der Waals surface area contributed by atoms with E-state index in [-0.39, 0.29) is 5.41 Å². The van der Waals surface area contributed by atoms with Crippen LogP contribution in [-0.2, 0) is 5.41 Å². The maximum atomic E-state index is 10.4. The molecule has 0 heterocycles. The van der Waals surface area contributed by atoms with Gasteiger partial charge in [-0.1, -0.05) is 36.8 Å². The van der Waals surface area contributed by atoms with Gasteiger partial charge in [0.05, 0.1) is 5.60 Å². The average molecular weight is 204 g/mol. The van der Waals surface area contributed by atoms with Crippen LogP contribution >= 0.6 is 0 Å². The van der Waals surface area contributed by atoms with Crippen molar-refractivity contribution in [3.05, 3.63) is 35.4 Å². The maximum Gasteiger partial charge on any atom is 0.0713 e. The molecule has 0 radical (unpaired) electrons. The van der Waals surface area contributed by atoms with Gasteiger partial charge in [-0.15, -0.1) is 0 Å². The third-order valence-electron chi connectivity index (χ3n) is 4.22. The number of hydrogen-bond acceptors (Lipinski definition) is 1. The van der Waals surface area contributed by atoms with E-state index < -0.39 is 5.60 Å². The van der Waals surface area contributed by atoms with Gasteiger partial charge in [-0.2, -0.15) is 0 Å². The second kappa shape index (κ2) is 3.34. The highest BCUT2D eigenvalue weighted by Crippen LogP contribution is 2.47. The molecule has 0 aliphatic heterocycles. The highest BCUT2D eigenvalue weighted by Gasteiger charge is 2.48. The van der Waals surface area contributed by atoms with Crippen molar-refractivity contribution in [3.8, 4) is 0 Å². The number of hydrogen-bond donors (Lipinski definition) is 1. The van der Waals surface area contributed by atoms with Gasteiger partial charge < -0.3 is 5.11 Å². The van der Waals surface area contributed by atoms with Gasteiger partial charge in [-0.3, -0.25) is 0 Å². The summed E-state index contributed by atoms with van der Waals surface area (Å²) in [6.07, 6.45) is 3.12. The highest BCUT2D eigenvalue weighted by molar-refractivity contribution is 5.32. The van der Waals surface area contributed by atoms with Gasteiger partial charge in [0.25, 0.3) is 0 Å². The van der Waals surface area contributed by atoms with E-state index in [1.165, 1.54) is 11.1 Å². The Bertz CT molecular complexity index is 350. The Labute approximate surface area is 92.1 Å². The summed E-state index contributed by atoms with van der Waals surface area (Å²) in [5, 5.41) is 10.4. The summed E-state index contributed by atoms with van der Waals surface area (Å²) in [5.41, 5.74) is 1.93. The Morgan fingerprint density at radius 1 is 1.07 bits per heavy atom. The van der Waals surface area contributed by atoms with Gasteiger partial charge >= 0.3 is 0 Å². The predicted molar refractivity (Wildman–Crippen MR) is 63.0 cm³/mol. The van der Waals surface area contributed by atoms with Crippen LogP contribution in [0.25, 0.3) is 0 Å². The Balaban J connectivity index is 2.41. The van der Waals surface area contributed by atoms with Crippen LogP contribution in [0, 0.1) is 6.92 Å². The van der Waals surface area contributed by atoms with Crippen molar-refractivity contribution >= 4 is 0 Å². The molecule has 1 fully saturated rings. The van der Waals surface area contributed by atoms with Crippen LogP contribution in [0.5, 0.6) is 0 Å². The normalized spacial score (nSPS) is 35.7. The van der Waals surface area contributed by atoms with E-state index in [0.717, 1.165) is 19.3 Å². The second-order valence-corrected chi connectivity index (χ2v) is 5.33. The molecule has 1 heteroatoms. The van der Waals surface area contributed by atoms with Crippen LogP contribution in [0.15, 0.2) is 24.3 Å². The zero-order valence-electron chi connectivity index (χ0n) is 9.88. The van der Waals surface area contributed by atoms with E-state index in [1.54, 1.807) is 0 Å². The molecule has 1 aromatic rings. The molecule has 1 aliphatic rings. The number of aliphatic hydroxyl groups is 1.